The number of H-pyrrole nitrogens is 1. The summed E-state index contributed by atoms with van der Waals surface area (Å²) in [6.45, 7) is 2.11. The van der Waals surface area contributed by atoms with Crippen LogP contribution < -0.4 is 0 Å². The van der Waals surface area contributed by atoms with Crippen molar-refractivity contribution in [2.75, 3.05) is 0 Å². The van der Waals surface area contributed by atoms with Crippen LogP contribution >= 0.6 is 12.2 Å². The number of hydrogen-bond acceptors (Lipinski definition) is 2. The van der Waals surface area contributed by atoms with Gasteiger partial charge in [-0.1, -0.05) is 48.5 Å². The Kier molecular flexibility index (Phi) is 3.32. The molecule has 0 bridgehead atoms. The molecule has 112 valence electrons. The predicted molar refractivity (Wildman–Crippen MR) is 96.4 cm³/mol. The molecule has 4 aromatic rings. The van der Waals surface area contributed by atoms with Crippen LogP contribution in [0.15, 0.2) is 66.7 Å². The van der Waals surface area contributed by atoms with Crippen molar-refractivity contribution < 1.29 is 0 Å². The molecule has 0 saturated carbocycles. The van der Waals surface area contributed by atoms with Gasteiger partial charge in [0.25, 0.3) is 0 Å². The molecule has 0 amide bonds. The van der Waals surface area contributed by atoms with Crippen molar-refractivity contribution in [3.8, 4) is 17.1 Å². The molecule has 0 unspecified atom stereocenters. The van der Waals surface area contributed by atoms with Crippen molar-refractivity contribution in [1.82, 2.24) is 14.8 Å². The molecular formula is C19H15N3S. The first-order valence-corrected chi connectivity index (χ1v) is 7.87. The highest BCUT2D eigenvalue weighted by atomic mass is 32.1. The maximum Gasteiger partial charge on any atom is 0.200 e. The van der Waals surface area contributed by atoms with E-state index in [-0.39, 0.29) is 0 Å². The van der Waals surface area contributed by atoms with Crippen LogP contribution in [0.4, 0.5) is 0 Å². The minimum Gasteiger partial charge on any atom is -0.268 e. The zero-order chi connectivity index (χ0) is 15.8. The number of fused-ring (bicyclic) bond motifs is 1. The monoisotopic (exact) mass is 317 g/mol. The second-order valence-corrected chi connectivity index (χ2v) is 5.92. The Morgan fingerprint density at radius 2 is 1.57 bits per heavy atom. The number of para-hydroxylation sites is 1. The van der Waals surface area contributed by atoms with Gasteiger partial charge in [-0.15, -0.1) is 0 Å². The molecule has 1 aromatic heterocycles. The number of nitrogens with one attached hydrogen (secondary N) is 1. The van der Waals surface area contributed by atoms with Gasteiger partial charge in [-0.05, 0) is 53.7 Å². The molecule has 4 rings (SSSR count). The highest BCUT2D eigenvalue weighted by Crippen LogP contribution is 2.28. The minimum atomic E-state index is 0.596. The van der Waals surface area contributed by atoms with Gasteiger partial charge in [0.05, 0.1) is 0 Å². The van der Waals surface area contributed by atoms with E-state index in [1.807, 2.05) is 34.9 Å². The molecule has 0 saturated heterocycles. The molecule has 0 spiro atoms. The summed E-state index contributed by atoms with van der Waals surface area (Å²) in [7, 11) is 0. The SMILES string of the molecule is Cc1cc2ccccc2cc1-c1n[nH]c(=S)n1-c1ccccc1. The molecule has 1 N–H and O–H groups in total. The van der Waals surface area contributed by atoms with E-state index in [1.54, 1.807) is 0 Å². The zero-order valence-electron chi connectivity index (χ0n) is 12.7. The minimum absolute atomic E-state index is 0.596. The average molecular weight is 317 g/mol. The lowest BCUT2D eigenvalue weighted by atomic mass is 10.0. The van der Waals surface area contributed by atoms with Gasteiger partial charge in [0, 0.05) is 11.3 Å². The molecule has 0 atom stereocenters. The Labute approximate surface area is 139 Å². The number of aryl methyl sites for hydroxylation is 1. The van der Waals surface area contributed by atoms with E-state index in [0.29, 0.717) is 4.77 Å². The highest BCUT2D eigenvalue weighted by Gasteiger charge is 2.13. The number of hydrogen-bond donors (Lipinski definition) is 1. The fourth-order valence-electron chi connectivity index (χ4n) is 2.89. The van der Waals surface area contributed by atoms with E-state index in [0.717, 1.165) is 17.1 Å². The van der Waals surface area contributed by atoms with Crippen LogP contribution in [0, 0.1) is 11.7 Å². The lowest BCUT2D eigenvalue weighted by Gasteiger charge is -2.10. The fourth-order valence-corrected chi connectivity index (χ4v) is 3.13. The molecule has 1 heterocycles. The predicted octanol–water partition coefficient (Wildman–Crippen LogP) is 5.06. The Hall–Kier alpha value is -2.72. The van der Waals surface area contributed by atoms with Crippen LogP contribution in [0.2, 0.25) is 0 Å². The number of benzene rings is 3. The second-order valence-electron chi connectivity index (χ2n) is 5.54. The summed E-state index contributed by atoms with van der Waals surface area (Å²) in [5.74, 6) is 0.837. The largest absolute Gasteiger partial charge is 0.268 e. The van der Waals surface area contributed by atoms with Crippen LogP contribution in [0.1, 0.15) is 5.56 Å². The summed E-state index contributed by atoms with van der Waals surface area (Å²) in [6.07, 6.45) is 0. The van der Waals surface area contributed by atoms with Crippen molar-refractivity contribution in [2.45, 2.75) is 6.92 Å². The molecular weight excluding hydrogens is 302 g/mol. The topological polar surface area (TPSA) is 33.6 Å². The van der Waals surface area contributed by atoms with Gasteiger partial charge in [0.1, 0.15) is 0 Å². The van der Waals surface area contributed by atoms with Crippen molar-refractivity contribution >= 4 is 23.0 Å². The fraction of sp³-hybridized carbons (Fsp3) is 0.0526. The number of aromatic nitrogens is 3. The van der Waals surface area contributed by atoms with Gasteiger partial charge < -0.3 is 0 Å². The van der Waals surface area contributed by atoms with E-state index >= 15 is 0 Å². The van der Waals surface area contributed by atoms with Gasteiger partial charge in [-0.25, -0.2) is 0 Å². The van der Waals surface area contributed by atoms with E-state index in [2.05, 4.69) is 53.5 Å². The molecule has 23 heavy (non-hydrogen) atoms. The zero-order valence-corrected chi connectivity index (χ0v) is 13.5. The van der Waals surface area contributed by atoms with E-state index < -0.39 is 0 Å². The standard InChI is InChI=1S/C19H15N3S/c1-13-11-14-7-5-6-8-15(14)12-17(13)18-20-21-19(23)22(18)16-9-3-2-4-10-16/h2-12H,1H3,(H,21,23). The summed E-state index contributed by atoms with van der Waals surface area (Å²) >= 11 is 5.44. The van der Waals surface area contributed by atoms with Crippen molar-refractivity contribution in [3.63, 3.8) is 0 Å². The van der Waals surface area contributed by atoms with Gasteiger partial charge in [0.2, 0.25) is 0 Å². The third-order valence-corrected chi connectivity index (χ3v) is 4.29. The number of nitrogens with zero attached hydrogens (tertiary/aromatic N) is 2. The van der Waals surface area contributed by atoms with E-state index in [1.165, 1.54) is 16.3 Å². The highest BCUT2D eigenvalue weighted by molar-refractivity contribution is 7.71. The Bertz CT molecular complexity index is 1050. The van der Waals surface area contributed by atoms with Crippen molar-refractivity contribution in [1.29, 1.82) is 0 Å². The number of aromatic amines is 1. The van der Waals surface area contributed by atoms with E-state index in [4.69, 9.17) is 12.2 Å². The van der Waals surface area contributed by atoms with Gasteiger partial charge in [-0.2, -0.15) is 5.10 Å². The normalized spacial score (nSPS) is 11.0. The third-order valence-electron chi connectivity index (χ3n) is 4.02. The van der Waals surface area contributed by atoms with Crippen LogP contribution in [-0.2, 0) is 0 Å². The summed E-state index contributed by atoms with van der Waals surface area (Å²) < 4.78 is 2.57. The van der Waals surface area contributed by atoms with Gasteiger partial charge in [0.15, 0.2) is 10.6 Å². The summed E-state index contributed by atoms with van der Waals surface area (Å²) in [5.41, 5.74) is 3.27. The maximum atomic E-state index is 5.44. The Morgan fingerprint density at radius 1 is 0.913 bits per heavy atom. The second kappa shape index (κ2) is 5.48. The van der Waals surface area contributed by atoms with Crippen LogP contribution in [0.25, 0.3) is 27.8 Å². The summed E-state index contributed by atoms with van der Waals surface area (Å²) in [6, 6.07) is 22.8. The molecule has 4 heteroatoms. The molecule has 0 fully saturated rings. The van der Waals surface area contributed by atoms with Gasteiger partial charge >= 0.3 is 0 Å². The first kappa shape index (κ1) is 13.9. The van der Waals surface area contributed by atoms with Gasteiger partial charge in [-0.3, -0.25) is 9.67 Å². The Balaban J connectivity index is 1.99. The summed E-state index contributed by atoms with van der Waals surface area (Å²) in [4.78, 5) is 0. The number of rotatable bonds is 2. The van der Waals surface area contributed by atoms with E-state index in [9.17, 15) is 0 Å². The van der Waals surface area contributed by atoms with Crippen LogP contribution in [-0.4, -0.2) is 14.8 Å². The van der Waals surface area contributed by atoms with Crippen LogP contribution in [0.5, 0.6) is 0 Å². The smallest absolute Gasteiger partial charge is 0.200 e. The summed E-state index contributed by atoms with van der Waals surface area (Å²) in [5, 5.41) is 9.83. The van der Waals surface area contributed by atoms with Crippen molar-refractivity contribution in [2.24, 2.45) is 0 Å². The Morgan fingerprint density at radius 3 is 2.30 bits per heavy atom. The third kappa shape index (κ3) is 2.37. The molecule has 0 radical (unpaired) electrons. The first-order valence-electron chi connectivity index (χ1n) is 7.46. The molecule has 3 nitrogen and oxygen atoms in total. The van der Waals surface area contributed by atoms with Crippen LogP contribution in [0.3, 0.4) is 0 Å². The lowest BCUT2D eigenvalue weighted by Crippen LogP contribution is -1.98. The van der Waals surface area contributed by atoms with Crippen molar-refractivity contribution in [3.05, 3.63) is 77.1 Å². The molecule has 0 aliphatic heterocycles. The molecule has 3 aromatic carbocycles. The molecule has 0 aliphatic carbocycles. The molecule has 0 aliphatic rings. The first-order chi connectivity index (χ1) is 11.2. The quantitative estimate of drug-likeness (QED) is 0.524. The average Bonchev–Trinajstić information content (AvgIpc) is 2.96. The maximum absolute atomic E-state index is 5.44. The lowest BCUT2D eigenvalue weighted by molar-refractivity contribution is 1.04.